The largest absolute Gasteiger partial charge is 0.349 e. The molecule has 16 heavy (non-hydrogen) atoms. The molecule has 1 aliphatic rings. The Morgan fingerprint density at radius 1 is 1.69 bits per heavy atom. The van der Waals surface area contributed by atoms with E-state index in [4.69, 9.17) is 0 Å². The first-order valence-corrected chi connectivity index (χ1v) is 6.70. The van der Waals surface area contributed by atoms with Gasteiger partial charge in [0.15, 0.2) is 0 Å². The van der Waals surface area contributed by atoms with Gasteiger partial charge in [-0.15, -0.1) is 11.3 Å². The monoisotopic (exact) mass is 238 g/mol. The summed E-state index contributed by atoms with van der Waals surface area (Å²) >= 11 is 1.49. The van der Waals surface area contributed by atoms with Gasteiger partial charge < -0.3 is 10.6 Å². The molecule has 1 fully saturated rings. The van der Waals surface area contributed by atoms with Gasteiger partial charge in [0.2, 0.25) is 0 Å². The van der Waals surface area contributed by atoms with Crippen LogP contribution >= 0.6 is 11.3 Å². The number of carbonyl (C=O) groups is 1. The van der Waals surface area contributed by atoms with Gasteiger partial charge in [-0.1, -0.05) is 6.07 Å². The summed E-state index contributed by atoms with van der Waals surface area (Å²) in [5.41, 5.74) is 0. The molecule has 0 saturated carbocycles. The lowest BCUT2D eigenvalue weighted by molar-refractivity contribution is 0.0926. The van der Waals surface area contributed by atoms with Gasteiger partial charge in [-0.2, -0.15) is 0 Å². The minimum absolute atomic E-state index is 0.0630. The molecule has 2 N–H and O–H groups in total. The van der Waals surface area contributed by atoms with Crippen LogP contribution in [0.15, 0.2) is 17.5 Å². The maximum absolute atomic E-state index is 11.8. The lowest BCUT2D eigenvalue weighted by atomic mass is 9.93. The fraction of sp³-hybridized carbons (Fsp3) is 0.583. The van der Waals surface area contributed by atoms with Crippen LogP contribution in [-0.4, -0.2) is 25.0 Å². The van der Waals surface area contributed by atoms with E-state index in [1.165, 1.54) is 24.2 Å². The highest BCUT2D eigenvalue weighted by Gasteiger charge is 2.21. The highest BCUT2D eigenvalue weighted by molar-refractivity contribution is 7.12. The van der Waals surface area contributed by atoms with Crippen molar-refractivity contribution < 1.29 is 4.79 Å². The van der Waals surface area contributed by atoms with E-state index in [1.54, 1.807) is 0 Å². The van der Waals surface area contributed by atoms with Crippen LogP contribution in [0, 0.1) is 5.92 Å². The predicted octanol–water partition coefficient (Wildman–Crippen LogP) is 1.87. The van der Waals surface area contributed by atoms with E-state index in [-0.39, 0.29) is 11.9 Å². The number of thiophene rings is 1. The van der Waals surface area contributed by atoms with Crippen molar-refractivity contribution in [3.63, 3.8) is 0 Å². The molecule has 0 bridgehead atoms. The first kappa shape index (κ1) is 11.6. The molecule has 88 valence electrons. The third kappa shape index (κ3) is 2.83. The van der Waals surface area contributed by atoms with Crippen LogP contribution in [0.25, 0.3) is 0 Å². The van der Waals surface area contributed by atoms with Gasteiger partial charge >= 0.3 is 0 Å². The second kappa shape index (κ2) is 5.46. The smallest absolute Gasteiger partial charge is 0.261 e. The lowest BCUT2D eigenvalue weighted by Crippen LogP contribution is -2.44. The van der Waals surface area contributed by atoms with Crippen LogP contribution in [0.4, 0.5) is 0 Å². The zero-order chi connectivity index (χ0) is 11.4. The average molecular weight is 238 g/mol. The summed E-state index contributed by atoms with van der Waals surface area (Å²) in [5.74, 6) is 0.630. The SMILES string of the molecule is CC(NC(=O)c1cccs1)C1CCCNC1. The minimum atomic E-state index is 0.0630. The third-order valence-electron chi connectivity index (χ3n) is 3.15. The molecule has 2 atom stereocenters. The average Bonchev–Trinajstić information content (AvgIpc) is 2.83. The summed E-state index contributed by atoms with van der Waals surface area (Å²) in [7, 11) is 0. The molecule has 0 aromatic carbocycles. The molecular weight excluding hydrogens is 220 g/mol. The molecule has 2 heterocycles. The molecule has 1 saturated heterocycles. The first-order valence-electron chi connectivity index (χ1n) is 5.82. The second-order valence-corrected chi connectivity index (χ2v) is 5.29. The Labute approximate surface area is 100 Å². The van der Waals surface area contributed by atoms with Crippen molar-refractivity contribution in [1.29, 1.82) is 0 Å². The number of rotatable bonds is 3. The summed E-state index contributed by atoms with van der Waals surface area (Å²) in [6.07, 6.45) is 2.42. The van der Waals surface area contributed by atoms with E-state index >= 15 is 0 Å². The molecule has 1 amide bonds. The minimum Gasteiger partial charge on any atom is -0.349 e. The molecule has 2 unspecified atom stereocenters. The number of hydrogen-bond acceptors (Lipinski definition) is 3. The van der Waals surface area contributed by atoms with Crippen LogP contribution < -0.4 is 10.6 Å². The van der Waals surface area contributed by atoms with E-state index in [1.807, 2.05) is 17.5 Å². The molecule has 1 aromatic rings. The zero-order valence-corrected chi connectivity index (χ0v) is 10.3. The van der Waals surface area contributed by atoms with Gasteiger partial charge in [0.1, 0.15) is 0 Å². The summed E-state index contributed by atoms with van der Waals surface area (Å²) in [6.45, 7) is 4.23. The number of amides is 1. The highest BCUT2D eigenvalue weighted by Crippen LogP contribution is 2.15. The normalized spacial score (nSPS) is 22.7. The van der Waals surface area contributed by atoms with E-state index < -0.39 is 0 Å². The fourth-order valence-corrected chi connectivity index (χ4v) is 2.74. The van der Waals surface area contributed by atoms with Crippen LogP contribution in [0.2, 0.25) is 0 Å². The summed E-state index contributed by atoms with van der Waals surface area (Å²) < 4.78 is 0. The van der Waals surface area contributed by atoms with Gasteiger partial charge in [-0.05, 0) is 50.2 Å². The van der Waals surface area contributed by atoms with Crippen molar-refractivity contribution in [2.24, 2.45) is 5.92 Å². The van der Waals surface area contributed by atoms with Crippen LogP contribution in [0.5, 0.6) is 0 Å². The van der Waals surface area contributed by atoms with E-state index in [2.05, 4.69) is 17.6 Å². The Kier molecular flexibility index (Phi) is 3.96. The Balaban J connectivity index is 1.86. The van der Waals surface area contributed by atoms with Crippen molar-refractivity contribution in [2.75, 3.05) is 13.1 Å². The topological polar surface area (TPSA) is 41.1 Å². The second-order valence-electron chi connectivity index (χ2n) is 4.35. The predicted molar refractivity (Wildman–Crippen MR) is 66.8 cm³/mol. The zero-order valence-electron chi connectivity index (χ0n) is 9.53. The van der Waals surface area contributed by atoms with Crippen molar-refractivity contribution in [2.45, 2.75) is 25.8 Å². The first-order chi connectivity index (χ1) is 7.77. The van der Waals surface area contributed by atoms with Crippen molar-refractivity contribution in [3.05, 3.63) is 22.4 Å². The molecule has 2 rings (SSSR count). The Morgan fingerprint density at radius 3 is 3.19 bits per heavy atom. The summed E-state index contributed by atoms with van der Waals surface area (Å²) in [4.78, 5) is 12.6. The molecule has 1 aliphatic heterocycles. The van der Waals surface area contributed by atoms with E-state index in [9.17, 15) is 4.79 Å². The van der Waals surface area contributed by atoms with Crippen molar-refractivity contribution in [3.8, 4) is 0 Å². The van der Waals surface area contributed by atoms with Crippen LogP contribution in [-0.2, 0) is 0 Å². The molecule has 1 aromatic heterocycles. The summed E-state index contributed by atoms with van der Waals surface area (Å²) in [5, 5.41) is 8.39. The standard InChI is InChI=1S/C12H18N2OS/c1-9(10-4-2-6-13-8-10)14-12(15)11-5-3-7-16-11/h3,5,7,9-10,13H,2,4,6,8H2,1H3,(H,14,15). The van der Waals surface area contributed by atoms with Gasteiger partial charge in [0.05, 0.1) is 4.88 Å². The summed E-state index contributed by atoms with van der Waals surface area (Å²) in [6, 6.07) is 4.03. The van der Waals surface area contributed by atoms with Crippen molar-refractivity contribution >= 4 is 17.2 Å². The number of nitrogens with one attached hydrogen (secondary N) is 2. The van der Waals surface area contributed by atoms with Gasteiger partial charge in [-0.3, -0.25) is 4.79 Å². The van der Waals surface area contributed by atoms with E-state index in [0.717, 1.165) is 18.0 Å². The highest BCUT2D eigenvalue weighted by atomic mass is 32.1. The molecular formula is C12H18N2OS. The molecule has 0 spiro atoms. The maximum atomic E-state index is 11.8. The molecule has 0 aliphatic carbocycles. The molecule has 4 heteroatoms. The van der Waals surface area contributed by atoms with Gasteiger partial charge in [0, 0.05) is 6.04 Å². The van der Waals surface area contributed by atoms with Gasteiger partial charge in [-0.25, -0.2) is 0 Å². The number of carbonyl (C=O) groups excluding carboxylic acids is 1. The lowest BCUT2D eigenvalue weighted by Gasteiger charge is -2.28. The third-order valence-corrected chi connectivity index (χ3v) is 4.01. The van der Waals surface area contributed by atoms with Crippen LogP contribution in [0.3, 0.4) is 0 Å². The fourth-order valence-electron chi connectivity index (χ4n) is 2.11. The Bertz CT molecular complexity index is 331. The molecule has 0 radical (unpaired) electrons. The Hall–Kier alpha value is -0.870. The maximum Gasteiger partial charge on any atom is 0.261 e. The number of piperidine rings is 1. The van der Waals surface area contributed by atoms with Gasteiger partial charge in [0.25, 0.3) is 5.91 Å². The van der Waals surface area contributed by atoms with E-state index in [0.29, 0.717) is 5.92 Å². The quantitative estimate of drug-likeness (QED) is 0.844. The number of hydrogen-bond donors (Lipinski definition) is 2. The Morgan fingerprint density at radius 2 is 2.56 bits per heavy atom. The van der Waals surface area contributed by atoms with Crippen molar-refractivity contribution in [1.82, 2.24) is 10.6 Å². The van der Waals surface area contributed by atoms with Crippen LogP contribution in [0.1, 0.15) is 29.4 Å². The molecule has 3 nitrogen and oxygen atoms in total.